The molecule has 0 heterocycles. The summed E-state index contributed by atoms with van der Waals surface area (Å²) in [4.78, 5) is 21.7. The van der Waals surface area contributed by atoms with E-state index in [0.717, 1.165) is 35.1 Å². The Kier molecular flexibility index (Phi) is 22.7. The van der Waals surface area contributed by atoms with Crippen LogP contribution in [0.5, 0.6) is 0 Å². The van der Waals surface area contributed by atoms with Crippen LogP contribution in [0.15, 0.2) is 170 Å². The van der Waals surface area contributed by atoms with Gasteiger partial charge in [-0.1, -0.05) is 198 Å². The Hall–Kier alpha value is -5.34. The minimum absolute atomic E-state index is 0.137. The smallest absolute Gasteiger partial charge is 0.160 e. The minimum atomic E-state index is 0.137. The van der Waals surface area contributed by atoms with Crippen LogP contribution in [-0.2, 0) is 12.8 Å². The third-order valence-electron chi connectivity index (χ3n) is 7.43. The van der Waals surface area contributed by atoms with Crippen LogP contribution < -0.4 is 0 Å². The van der Waals surface area contributed by atoms with Gasteiger partial charge in [-0.05, 0) is 73.9 Å². The Morgan fingerprint density at radius 2 is 0.620 bits per heavy atom. The highest BCUT2D eigenvalue weighted by Crippen LogP contribution is 2.17. The molecule has 0 fully saturated rings. The predicted molar refractivity (Wildman–Crippen MR) is 217 cm³/mol. The Balaban J connectivity index is 0.000000311. The summed E-state index contributed by atoms with van der Waals surface area (Å²) in [5, 5.41) is 0. The van der Waals surface area contributed by atoms with Crippen molar-refractivity contribution in [2.45, 2.75) is 68.2 Å². The molecule has 0 aliphatic carbocycles. The van der Waals surface area contributed by atoms with E-state index in [2.05, 4.69) is 111 Å². The monoisotopic (exact) mass is 664 g/mol. The van der Waals surface area contributed by atoms with Crippen molar-refractivity contribution in [2.75, 3.05) is 0 Å². The average molecular weight is 665 g/mol. The molecule has 6 rings (SSSR count). The molecule has 0 saturated carbocycles. The second-order valence-corrected chi connectivity index (χ2v) is 11.2. The first-order chi connectivity index (χ1) is 24.3. The zero-order valence-corrected chi connectivity index (χ0v) is 31.4. The van der Waals surface area contributed by atoms with Gasteiger partial charge in [0.2, 0.25) is 0 Å². The van der Waals surface area contributed by atoms with E-state index in [4.69, 9.17) is 0 Å². The van der Waals surface area contributed by atoms with Gasteiger partial charge in [-0.2, -0.15) is 0 Å². The number of carbonyl (C=O) groups is 2. The zero-order valence-electron chi connectivity index (χ0n) is 31.4. The first-order valence-corrected chi connectivity index (χ1v) is 17.6. The van der Waals surface area contributed by atoms with Gasteiger partial charge in [-0.3, -0.25) is 9.59 Å². The van der Waals surface area contributed by atoms with Crippen LogP contribution in [0.2, 0.25) is 0 Å². The van der Waals surface area contributed by atoms with Gasteiger partial charge in [0.05, 0.1) is 0 Å². The summed E-state index contributed by atoms with van der Waals surface area (Å²) in [5.41, 5.74) is 9.12. The molecule has 50 heavy (non-hydrogen) atoms. The molecule has 0 aromatic heterocycles. The van der Waals surface area contributed by atoms with Crippen LogP contribution in [0.25, 0.3) is 11.1 Å². The van der Waals surface area contributed by atoms with Gasteiger partial charge in [0.15, 0.2) is 11.6 Å². The van der Waals surface area contributed by atoms with Crippen molar-refractivity contribution in [3.63, 3.8) is 0 Å². The average Bonchev–Trinajstić information content (AvgIpc) is 3.18. The molecule has 0 bridgehead atoms. The van der Waals surface area contributed by atoms with Crippen molar-refractivity contribution >= 4 is 11.6 Å². The van der Waals surface area contributed by atoms with E-state index >= 15 is 0 Å². The number of hydrogen-bond donors (Lipinski definition) is 0. The molecule has 0 atom stereocenters. The second-order valence-electron chi connectivity index (χ2n) is 11.2. The number of Topliss-reactive ketones (excluding diaryl/α,β-unsaturated/α-hetero) is 2. The summed E-state index contributed by atoms with van der Waals surface area (Å²) < 4.78 is 0. The molecule has 0 aliphatic heterocycles. The molecule has 0 saturated heterocycles. The quantitative estimate of drug-likeness (QED) is 0.172. The lowest BCUT2D eigenvalue weighted by Gasteiger charge is -1.98. The topological polar surface area (TPSA) is 34.1 Å². The number of benzene rings is 6. The fraction of sp³-hybridized carbons (Fsp3) is 0.208. The molecule has 2 heteroatoms. The molecule has 6 aromatic carbocycles. The first kappa shape index (κ1) is 42.7. The van der Waals surface area contributed by atoms with Crippen LogP contribution in [0.3, 0.4) is 0 Å². The summed E-state index contributed by atoms with van der Waals surface area (Å²) in [6, 6.07) is 56.9. The van der Waals surface area contributed by atoms with Crippen molar-refractivity contribution < 1.29 is 9.59 Å². The zero-order chi connectivity index (χ0) is 37.0. The molecule has 6 aromatic rings. The molecule has 0 amide bonds. The SMILES string of the molecule is CC.CC(=O)c1ccccc1C.CC(=O)c1ccccc1C.CCc1ccccc1.CCc1ccccc1.c1ccc(-c2ccccc2)cc1. The fourth-order valence-electron chi connectivity index (χ4n) is 4.62. The number of hydrogen-bond acceptors (Lipinski definition) is 2. The van der Waals surface area contributed by atoms with Crippen LogP contribution in [0, 0.1) is 13.8 Å². The molecular formula is C48H56O2. The van der Waals surface area contributed by atoms with Crippen molar-refractivity contribution in [1.82, 2.24) is 0 Å². The van der Waals surface area contributed by atoms with Gasteiger partial charge < -0.3 is 0 Å². The fourth-order valence-corrected chi connectivity index (χ4v) is 4.62. The van der Waals surface area contributed by atoms with E-state index < -0.39 is 0 Å². The molecule has 0 N–H and O–H groups in total. The Labute approximate surface area is 302 Å². The Bertz CT molecular complexity index is 1590. The maximum Gasteiger partial charge on any atom is 0.160 e. The maximum atomic E-state index is 10.9. The summed E-state index contributed by atoms with van der Waals surface area (Å²) in [5.74, 6) is 0.274. The predicted octanol–water partition coefficient (Wildman–Crippen LogP) is 13.3. The van der Waals surface area contributed by atoms with Crippen molar-refractivity contribution in [1.29, 1.82) is 0 Å². The minimum Gasteiger partial charge on any atom is -0.295 e. The van der Waals surface area contributed by atoms with Crippen molar-refractivity contribution in [2.24, 2.45) is 0 Å². The highest BCUT2D eigenvalue weighted by atomic mass is 16.1. The van der Waals surface area contributed by atoms with E-state index in [1.54, 1.807) is 13.8 Å². The van der Waals surface area contributed by atoms with Crippen LogP contribution in [0.1, 0.15) is 84.5 Å². The van der Waals surface area contributed by atoms with E-state index in [1.807, 2.05) is 100 Å². The molecule has 0 radical (unpaired) electrons. The van der Waals surface area contributed by atoms with Gasteiger partial charge >= 0.3 is 0 Å². The van der Waals surface area contributed by atoms with Gasteiger partial charge in [0.25, 0.3) is 0 Å². The van der Waals surface area contributed by atoms with Gasteiger partial charge in [-0.25, -0.2) is 0 Å². The lowest BCUT2D eigenvalue weighted by Crippen LogP contribution is -1.93. The largest absolute Gasteiger partial charge is 0.295 e. The molecular weight excluding hydrogens is 609 g/mol. The number of rotatable bonds is 5. The summed E-state index contributed by atoms with van der Waals surface area (Å²) >= 11 is 0. The number of aryl methyl sites for hydroxylation is 4. The molecule has 0 spiro atoms. The van der Waals surface area contributed by atoms with Crippen LogP contribution >= 0.6 is 0 Å². The highest BCUT2D eigenvalue weighted by Gasteiger charge is 2.00. The van der Waals surface area contributed by atoms with E-state index in [9.17, 15) is 9.59 Å². The molecule has 2 nitrogen and oxygen atoms in total. The maximum absolute atomic E-state index is 10.9. The van der Waals surface area contributed by atoms with Crippen LogP contribution in [0.4, 0.5) is 0 Å². The van der Waals surface area contributed by atoms with Gasteiger partial charge in [0.1, 0.15) is 0 Å². The van der Waals surface area contributed by atoms with Gasteiger partial charge in [-0.15, -0.1) is 0 Å². The third-order valence-corrected chi connectivity index (χ3v) is 7.43. The number of carbonyl (C=O) groups excluding carboxylic acids is 2. The number of ketones is 2. The molecule has 0 unspecified atom stereocenters. The second kappa shape index (κ2) is 26.6. The van der Waals surface area contributed by atoms with E-state index in [-0.39, 0.29) is 11.6 Å². The lowest BCUT2D eigenvalue weighted by atomic mass is 10.1. The Morgan fingerprint density at radius 1 is 0.380 bits per heavy atom. The summed E-state index contributed by atoms with van der Waals surface area (Å²) in [7, 11) is 0. The summed E-state index contributed by atoms with van der Waals surface area (Å²) in [6.07, 6.45) is 2.28. The molecule has 0 aliphatic rings. The van der Waals surface area contributed by atoms with Crippen LogP contribution in [-0.4, -0.2) is 11.6 Å². The normalized spacial score (nSPS) is 9.12. The first-order valence-electron chi connectivity index (χ1n) is 17.6. The third kappa shape index (κ3) is 17.7. The summed E-state index contributed by atoms with van der Waals surface area (Å²) in [6.45, 7) is 15.4. The van der Waals surface area contributed by atoms with Crippen molar-refractivity contribution in [3.05, 3.63) is 203 Å². The standard InChI is InChI=1S/C12H10.2C9H10O.2C8H10.C2H6/c1-3-7-11(8-4-1)12-9-5-2-6-10-12;2*1-7-5-3-4-6-9(7)8(2)10;2*1-2-8-6-4-3-5-7-8;1-2/h1-10H;2*3-6H,1-2H3;2*3-7H,2H2,1H3;1-2H3. The van der Waals surface area contributed by atoms with E-state index in [0.29, 0.717) is 0 Å². The lowest BCUT2D eigenvalue weighted by molar-refractivity contribution is 0.100. The van der Waals surface area contributed by atoms with Gasteiger partial charge in [0, 0.05) is 11.1 Å². The molecule has 260 valence electrons. The Morgan fingerprint density at radius 3 is 0.820 bits per heavy atom. The highest BCUT2D eigenvalue weighted by molar-refractivity contribution is 5.95. The van der Waals surface area contributed by atoms with Crippen molar-refractivity contribution in [3.8, 4) is 11.1 Å². The van der Waals surface area contributed by atoms with E-state index in [1.165, 1.54) is 22.3 Å².